The molecule has 2 aliphatic rings. The fourth-order valence-electron chi connectivity index (χ4n) is 7.65. The van der Waals surface area contributed by atoms with Crippen molar-refractivity contribution in [2.75, 3.05) is 0 Å². The van der Waals surface area contributed by atoms with Crippen molar-refractivity contribution in [2.24, 2.45) is 21.1 Å². The van der Waals surface area contributed by atoms with Crippen molar-refractivity contribution in [3.63, 3.8) is 0 Å². The summed E-state index contributed by atoms with van der Waals surface area (Å²) in [5, 5.41) is 4.40. The SMILES string of the molecule is CC(=O)Oc1ccc(-c2c3[c-]c(c(-c4cc[n+](C)cc4)c4ccc([cH-]4)c(-c4cc[n+](C)cc4)c4[c-]c(c(-c5cc[n+](C)cc5)c5ccc2[cH-]5)C=C4)C=C3)cc1.[Mn]. The van der Waals surface area contributed by atoms with Crippen LogP contribution >= 0.6 is 0 Å². The number of carbonyl (C=O) groups is 1. The molecule has 273 valence electrons. The average molecular weight is 768 g/mol. The molecule has 8 bridgehead atoms. The Hall–Kier alpha value is -6.46. The molecule has 6 heteroatoms. The molecule has 1 radical (unpaired) electrons. The topological polar surface area (TPSA) is 37.9 Å². The zero-order valence-corrected chi connectivity index (χ0v) is 32.7. The number of fused-ring (bicyclic) bond motifs is 8. The van der Waals surface area contributed by atoms with E-state index in [9.17, 15) is 4.79 Å². The molecular weight excluding hydrogens is 730 g/mol. The summed E-state index contributed by atoms with van der Waals surface area (Å²) in [5.74, 6) is 0.164. The van der Waals surface area contributed by atoms with Crippen molar-refractivity contribution in [3.05, 3.63) is 169 Å². The number of esters is 1. The molecule has 0 atom stereocenters. The summed E-state index contributed by atoms with van der Waals surface area (Å²) in [4.78, 5) is 11.8. The maximum absolute atomic E-state index is 11.8. The van der Waals surface area contributed by atoms with Crippen LogP contribution in [-0.2, 0) is 43.0 Å². The number of benzene rings is 1. The van der Waals surface area contributed by atoms with E-state index in [1.807, 2.05) is 45.4 Å². The molecule has 3 heterocycles. The third-order valence-corrected chi connectivity index (χ3v) is 10.3. The molecule has 0 saturated carbocycles. The van der Waals surface area contributed by atoms with Gasteiger partial charge in [-0.05, 0) is 28.8 Å². The number of hydrogen-bond donors (Lipinski definition) is 0. The summed E-state index contributed by atoms with van der Waals surface area (Å²) >= 11 is 0. The number of rotatable bonds is 5. The third-order valence-electron chi connectivity index (χ3n) is 10.3. The molecule has 3 aromatic heterocycles. The molecule has 0 saturated heterocycles. The van der Waals surface area contributed by atoms with E-state index in [0.717, 1.165) is 88.3 Å². The summed E-state index contributed by atoms with van der Waals surface area (Å²) in [6.07, 6.45) is 21.3. The van der Waals surface area contributed by atoms with Crippen LogP contribution in [0.15, 0.2) is 134 Å². The van der Waals surface area contributed by atoms with E-state index >= 15 is 0 Å². The largest absolute Gasteiger partial charge is 0.427 e. The first-order valence-corrected chi connectivity index (χ1v) is 18.4. The molecule has 5 nitrogen and oxygen atoms in total. The number of ether oxygens (including phenoxy) is 1. The van der Waals surface area contributed by atoms with Gasteiger partial charge >= 0.3 is 5.97 Å². The van der Waals surface area contributed by atoms with E-state index in [1.54, 1.807) is 0 Å². The Balaban J connectivity index is 0.00000441. The van der Waals surface area contributed by atoms with E-state index in [4.69, 9.17) is 4.74 Å². The first kappa shape index (κ1) is 36.5. The van der Waals surface area contributed by atoms with Crippen LogP contribution in [-0.4, -0.2) is 5.97 Å². The minimum atomic E-state index is -0.347. The van der Waals surface area contributed by atoms with Gasteiger partial charge in [-0.2, -0.15) is 48.6 Å². The average Bonchev–Trinajstić information content (AvgIpc) is 4.02. The number of nitrogens with zero attached hydrogens (tertiary/aromatic N) is 3. The smallest absolute Gasteiger partial charge is 0.308 e. The van der Waals surface area contributed by atoms with Crippen molar-refractivity contribution >= 4 is 51.8 Å². The summed E-state index contributed by atoms with van der Waals surface area (Å²) in [6, 6.07) is 42.0. The van der Waals surface area contributed by atoms with Gasteiger partial charge in [0, 0.05) is 60.4 Å². The third kappa shape index (κ3) is 6.97. The van der Waals surface area contributed by atoms with Gasteiger partial charge in [0.1, 0.15) is 26.9 Å². The Kier molecular flexibility index (Phi) is 9.78. The maximum atomic E-state index is 11.8. The minimum absolute atomic E-state index is 0. The summed E-state index contributed by atoms with van der Waals surface area (Å²) in [5.41, 5.74) is 12.8. The van der Waals surface area contributed by atoms with E-state index < -0.39 is 0 Å². The first-order chi connectivity index (χ1) is 26.8. The Morgan fingerprint density at radius 1 is 0.464 bits per heavy atom. The van der Waals surface area contributed by atoms with Crippen LogP contribution in [0.25, 0.3) is 90.4 Å². The van der Waals surface area contributed by atoms with Gasteiger partial charge in [0.05, 0.1) is 0 Å². The zero-order valence-electron chi connectivity index (χ0n) is 31.5. The van der Waals surface area contributed by atoms with Crippen molar-refractivity contribution in [1.29, 1.82) is 0 Å². The van der Waals surface area contributed by atoms with Crippen LogP contribution in [0.1, 0.15) is 29.2 Å². The van der Waals surface area contributed by atoms with Gasteiger partial charge in [-0.25, -0.2) is 13.7 Å². The number of carbonyl (C=O) groups excluding carboxylic acids is 1. The summed E-state index contributed by atoms with van der Waals surface area (Å²) in [6.45, 7) is 1.42. The number of aromatic nitrogens is 3. The molecule has 0 amide bonds. The second-order valence-corrected chi connectivity index (χ2v) is 14.2. The quantitative estimate of drug-likeness (QED) is 0.0576. The standard InChI is InChI=1S/C50H38N3O2.Mn/c1-33(54)55-46-15-13-34(14-16-46)47-38-5-7-40(29-38)48(35-17-23-51(2)24-18-35)42-9-11-44(31-42)50(37-21-27-53(4)28-22-37)45-12-10-43(32-45)49(41-8-6-39(47)30-41)36-19-25-52(3)26-20-36;/h5-29,32H,1-4H3;/q-1;. The van der Waals surface area contributed by atoms with Gasteiger partial charge in [-0.15, -0.1) is 68.1 Å². The molecule has 0 N–H and O–H groups in total. The van der Waals surface area contributed by atoms with Crippen LogP contribution in [0.5, 0.6) is 5.75 Å². The summed E-state index contributed by atoms with van der Waals surface area (Å²) < 4.78 is 11.6. The Morgan fingerprint density at radius 2 is 0.750 bits per heavy atom. The normalized spacial score (nSPS) is 11.7. The van der Waals surface area contributed by atoms with Crippen molar-refractivity contribution < 1.29 is 40.3 Å². The van der Waals surface area contributed by atoms with E-state index in [0.29, 0.717) is 5.75 Å². The second kappa shape index (κ2) is 15.0. The van der Waals surface area contributed by atoms with Gasteiger partial charge in [-0.1, -0.05) is 39.9 Å². The Labute approximate surface area is 337 Å². The molecular formula is C50H38MnN3O2-. The van der Waals surface area contributed by atoms with E-state index in [2.05, 4.69) is 160 Å². The van der Waals surface area contributed by atoms with Crippen molar-refractivity contribution in [2.45, 2.75) is 6.92 Å². The van der Waals surface area contributed by atoms with Crippen LogP contribution in [0.2, 0.25) is 0 Å². The predicted octanol–water partition coefficient (Wildman–Crippen LogP) is 9.31. The van der Waals surface area contributed by atoms with Crippen LogP contribution in [0, 0.1) is 12.1 Å². The van der Waals surface area contributed by atoms with Gasteiger partial charge in [0.2, 0.25) is 0 Å². The fraction of sp³-hybridized carbons (Fsp3) is 0.0800. The first-order valence-electron chi connectivity index (χ1n) is 18.4. The molecule has 56 heavy (non-hydrogen) atoms. The number of hydrogen-bond acceptors (Lipinski definition) is 2. The van der Waals surface area contributed by atoms with Gasteiger partial charge in [0.15, 0.2) is 37.2 Å². The Bertz CT molecular complexity index is 2820. The van der Waals surface area contributed by atoms with Crippen LogP contribution in [0.4, 0.5) is 0 Å². The zero-order chi connectivity index (χ0) is 37.6. The van der Waals surface area contributed by atoms with E-state index in [-0.39, 0.29) is 23.0 Å². The molecule has 0 aliphatic heterocycles. The molecule has 0 spiro atoms. The monoisotopic (exact) mass is 767 g/mol. The molecule has 9 rings (SSSR count). The van der Waals surface area contributed by atoms with Gasteiger partial charge < -0.3 is 4.74 Å². The van der Waals surface area contributed by atoms with Gasteiger partial charge in [-0.3, -0.25) is 4.79 Å². The minimum Gasteiger partial charge on any atom is -0.427 e. The summed E-state index contributed by atoms with van der Waals surface area (Å²) in [7, 11) is 6.12. The molecule has 2 aliphatic carbocycles. The molecule has 7 aromatic rings. The molecule has 0 unspecified atom stereocenters. The Morgan fingerprint density at radius 3 is 1.04 bits per heavy atom. The molecule has 4 aromatic carbocycles. The maximum Gasteiger partial charge on any atom is 0.308 e. The van der Waals surface area contributed by atoms with Gasteiger partial charge in [0.25, 0.3) is 0 Å². The number of aryl methyl sites for hydroxylation is 3. The number of pyridine rings is 3. The van der Waals surface area contributed by atoms with Crippen LogP contribution in [0.3, 0.4) is 0 Å². The van der Waals surface area contributed by atoms with Crippen molar-refractivity contribution in [3.8, 4) is 50.3 Å². The van der Waals surface area contributed by atoms with Crippen molar-refractivity contribution in [1.82, 2.24) is 0 Å². The van der Waals surface area contributed by atoms with Crippen LogP contribution < -0.4 is 18.4 Å². The second-order valence-electron chi connectivity index (χ2n) is 14.2. The fourth-order valence-corrected chi connectivity index (χ4v) is 7.65. The predicted molar refractivity (Wildman–Crippen MR) is 220 cm³/mol. The molecule has 0 fully saturated rings. The van der Waals surface area contributed by atoms with E-state index in [1.165, 1.54) is 6.92 Å².